The van der Waals surface area contributed by atoms with Crippen molar-refractivity contribution in [2.24, 2.45) is 0 Å². The van der Waals surface area contributed by atoms with Crippen LogP contribution in [0, 0.1) is 0 Å². The summed E-state index contributed by atoms with van der Waals surface area (Å²) in [6.45, 7) is 0.0726. The monoisotopic (exact) mass is 311 g/mol. The van der Waals surface area contributed by atoms with Crippen LogP contribution < -0.4 is 14.8 Å². The third-order valence-electron chi connectivity index (χ3n) is 3.05. The first-order valence-electron chi connectivity index (χ1n) is 6.15. The number of ether oxygens (including phenoxy) is 3. The molecule has 0 aliphatic carbocycles. The molecule has 0 aliphatic rings. The maximum atomic E-state index is 11.3. The van der Waals surface area contributed by atoms with Gasteiger partial charge < -0.3 is 19.5 Å². The fraction of sp³-hybridized carbons (Fsp3) is 0.267. The van der Waals surface area contributed by atoms with Gasteiger partial charge in [0.2, 0.25) is 0 Å². The average molecular weight is 312 g/mol. The summed E-state index contributed by atoms with van der Waals surface area (Å²) < 4.78 is 15.4. The molecule has 0 heterocycles. The van der Waals surface area contributed by atoms with Crippen LogP contribution in [-0.2, 0) is 9.53 Å². The van der Waals surface area contributed by atoms with Crippen LogP contribution in [-0.4, -0.2) is 33.8 Å². The number of halogens is 1. The van der Waals surface area contributed by atoms with Crippen molar-refractivity contribution in [3.8, 4) is 11.5 Å². The zero-order chi connectivity index (χ0) is 14.5. The summed E-state index contributed by atoms with van der Waals surface area (Å²) in [4.78, 5) is 11.3. The van der Waals surface area contributed by atoms with Crippen LogP contribution in [0.1, 0.15) is 0 Å². The van der Waals surface area contributed by atoms with Gasteiger partial charge in [0.15, 0.2) is 0 Å². The van der Waals surface area contributed by atoms with E-state index in [2.05, 4.69) is 10.1 Å². The van der Waals surface area contributed by atoms with Crippen molar-refractivity contribution < 1.29 is 19.0 Å². The van der Waals surface area contributed by atoms with Gasteiger partial charge in [-0.1, -0.05) is 24.3 Å². The Labute approximate surface area is 129 Å². The number of rotatable bonds is 5. The highest BCUT2D eigenvalue weighted by atomic mass is 35.5. The van der Waals surface area contributed by atoms with Crippen molar-refractivity contribution in [3.63, 3.8) is 0 Å². The Morgan fingerprint density at radius 1 is 1.05 bits per heavy atom. The molecule has 2 rings (SSSR count). The third-order valence-corrected chi connectivity index (χ3v) is 3.05. The predicted molar refractivity (Wildman–Crippen MR) is 84.8 cm³/mol. The summed E-state index contributed by atoms with van der Waals surface area (Å²) in [5, 5.41) is 4.93. The van der Waals surface area contributed by atoms with Gasteiger partial charge in [-0.25, -0.2) is 0 Å². The van der Waals surface area contributed by atoms with E-state index >= 15 is 0 Å². The molecule has 0 aromatic heterocycles. The molecule has 0 radical (unpaired) electrons. The lowest BCUT2D eigenvalue weighted by atomic mass is 10.1. The van der Waals surface area contributed by atoms with Gasteiger partial charge in [-0.05, 0) is 0 Å². The van der Waals surface area contributed by atoms with E-state index in [9.17, 15) is 4.79 Å². The second-order valence-corrected chi connectivity index (χ2v) is 4.13. The molecule has 6 heteroatoms. The van der Waals surface area contributed by atoms with Crippen LogP contribution in [0.15, 0.2) is 30.3 Å². The Balaban J connectivity index is 0.00000220. The number of fused-ring (bicyclic) bond motifs is 1. The van der Waals surface area contributed by atoms with Gasteiger partial charge in [-0.3, -0.25) is 4.79 Å². The van der Waals surface area contributed by atoms with Crippen LogP contribution in [0.25, 0.3) is 10.8 Å². The van der Waals surface area contributed by atoms with Gasteiger partial charge in [0.25, 0.3) is 0 Å². The summed E-state index contributed by atoms with van der Waals surface area (Å²) in [6, 6.07) is 9.55. The van der Waals surface area contributed by atoms with Crippen LogP contribution in [0.3, 0.4) is 0 Å². The highest BCUT2D eigenvalue weighted by Crippen LogP contribution is 2.39. The molecule has 1 N–H and O–H groups in total. The average Bonchev–Trinajstić information content (AvgIpc) is 2.51. The van der Waals surface area contributed by atoms with E-state index in [0.717, 1.165) is 22.2 Å². The molecule has 0 amide bonds. The summed E-state index contributed by atoms with van der Waals surface area (Å²) in [5.41, 5.74) is 0.745. The second-order valence-electron chi connectivity index (χ2n) is 4.13. The van der Waals surface area contributed by atoms with E-state index in [1.54, 1.807) is 20.3 Å². The standard InChI is InChI=1S/C15H17NO4.ClH/c1-18-12-8-13(19-2)15(16-9-14(17)20-3)11-7-5-4-6-10(11)12;/h4-8,16H,9H2,1-3H3;1H. The number of benzene rings is 2. The molecule has 0 bridgehead atoms. The molecule has 0 aliphatic heterocycles. The van der Waals surface area contributed by atoms with Gasteiger partial charge in [-0.15, -0.1) is 12.4 Å². The summed E-state index contributed by atoms with van der Waals surface area (Å²) >= 11 is 0. The molecule has 2 aromatic rings. The largest absolute Gasteiger partial charge is 0.496 e. The number of methoxy groups -OCH3 is 3. The van der Waals surface area contributed by atoms with E-state index in [1.165, 1.54) is 7.11 Å². The van der Waals surface area contributed by atoms with Crippen LogP contribution in [0.5, 0.6) is 11.5 Å². The van der Waals surface area contributed by atoms with Gasteiger partial charge in [-0.2, -0.15) is 0 Å². The molecule has 0 spiro atoms. The predicted octanol–water partition coefficient (Wildman–Crippen LogP) is 2.86. The fourth-order valence-electron chi connectivity index (χ4n) is 2.06. The van der Waals surface area contributed by atoms with Crippen molar-refractivity contribution in [2.45, 2.75) is 0 Å². The zero-order valence-electron chi connectivity index (χ0n) is 12.1. The van der Waals surface area contributed by atoms with E-state index in [4.69, 9.17) is 9.47 Å². The van der Waals surface area contributed by atoms with E-state index in [1.807, 2.05) is 24.3 Å². The van der Waals surface area contributed by atoms with Crippen LogP contribution in [0.4, 0.5) is 5.69 Å². The highest BCUT2D eigenvalue weighted by molar-refractivity contribution is 6.01. The first kappa shape index (κ1) is 16.9. The highest BCUT2D eigenvalue weighted by Gasteiger charge is 2.13. The molecule has 2 aromatic carbocycles. The topological polar surface area (TPSA) is 56.8 Å². The molecule has 0 atom stereocenters. The molecular weight excluding hydrogens is 294 g/mol. The first-order chi connectivity index (χ1) is 9.71. The number of hydrogen-bond acceptors (Lipinski definition) is 5. The molecule has 0 fully saturated rings. The maximum Gasteiger partial charge on any atom is 0.325 e. The molecule has 0 saturated carbocycles. The van der Waals surface area contributed by atoms with Gasteiger partial charge in [0.1, 0.15) is 18.0 Å². The van der Waals surface area contributed by atoms with Gasteiger partial charge in [0, 0.05) is 16.8 Å². The lowest BCUT2D eigenvalue weighted by Gasteiger charge is -2.16. The van der Waals surface area contributed by atoms with Crippen molar-refractivity contribution in [1.82, 2.24) is 0 Å². The second kappa shape index (κ2) is 7.59. The Bertz CT molecular complexity index is 630. The Hall–Kier alpha value is -2.14. The molecule has 0 unspecified atom stereocenters. The lowest BCUT2D eigenvalue weighted by molar-refractivity contribution is -0.138. The minimum atomic E-state index is -0.341. The summed E-state index contributed by atoms with van der Waals surface area (Å²) in [7, 11) is 4.54. The summed E-state index contributed by atoms with van der Waals surface area (Å²) in [5.74, 6) is 0.998. The number of esters is 1. The number of carbonyl (C=O) groups is 1. The van der Waals surface area contributed by atoms with Crippen molar-refractivity contribution >= 4 is 34.8 Å². The lowest BCUT2D eigenvalue weighted by Crippen LogP contribution is -2.15. The fourth-order valence-corrected chi connectivity index (χ4v) is 2.06. The molecular formula is C15H18ClNO4. The molecule has 5 nitrogen and oxygen atoms in total. The molecule has 114 valence electrons. The zero-order valence-corrected chi connectivity index (χ0v) is 13.0. The first-order valence-corrected chi connectivity index (χ1v) is 6.15. The quantitative estimate of drug-likeness (QED) is 0.861. The SMILES string of the molecule is COC(=O)CNc1c(OC)cc(OC)c2ccccc12.Cl. The Morgan fingerprint density at radius 3 is 2.24 bits per heavy atom. The third kappa shape index (κ3) is 3.49. The number of nitrogens with one attached hydrogen (secondary N) is 1. The van der Waals surface area contributed by atoms with E-state index < -0.39 is 0 Å². The maximum absolute atomic E-state index is 11.3. The van der Waals surface area contributed by atoms with E-state index in [0.29, 0.717) is 5.75 Å². The van der Waals surface area contributed by atoms with Crippen LogP contribution in [0.2, 0.25) is 0 Å². The number of carbonyl (C=O) groups excluding carboxylic acids is 1. The number of hydrogen-bond donors (Lipinski definition) is 1. The number of anilines is 1. The Kier molecular flexibility index (Phi) is 6.11. The molecule has 0 saturated heterocycles. The van der Waals surface area contributed by atoms with Crippen molar-refractivity contribution in [1.29, 1.82) is 0 Å². The smallest absolute Gasteiger partial charge is 0.325 e. The normalized spacial score (nSPS) is 9.67. The summed E-state index contributed by atoms with van der Waals surface area (Å²) in [6.07, 6.45) is 0. The van der Waals surface area contributed by atoms with Crippen molar-refractivity contribution in [2.75, 3.05) is 33.2 Å². The van der Waals surface area contributed by atoms with Gasteiger partial charge in [0.05, 0.1) is 27.0 Å². The van der Waals surface area contributed by atoms with Crippen LogP contribution >= 0.6 is 12.4 Å². The van der Waals surface area contributed by atoms with E-state index in [-0.39, 0.29) is 24.9 Å². The van der Waals surface area contributed by atoms with Gasteiger partial charge >= 0.3 is 5.97 Å². The Morgan fingerprint density at radius 2 is 1.67 bits per heavy atom. The minimum Gasteiger partial charge on any atom is -0.496 e. The minimum absolute atomic E-state index is 0. The van der Waals surface area contributed by atoms with Crippen molar-refractivity contribution in [3.05, 3.63) is 30.3 Å². The molecule has 21 heavy (non-hydrogen) atoms.